The van der Waals surface area contributed by atoms with Crippen molar-refractivity contribution >= 4 is 22.9 Å². The van der Waals surface area contributed by atoms with E-state index in [0.717, 1.165) is 36.6 Å². The number of carbonyl (C=O) groups is 2. The standard InChI is InChI=1S/C28H39N3O4/c1-28(2,3)35-27(34)30-16-14-23(15-17-30)31(26(33)20-10-6-5-7-11-20)19-22-18-21-12-8-9-13-24(21)29(4)25(22)32/h8-9,12-13,18,20,23H,5-7,10-11,14-17,19H2,1-4H3. The van der Waals surface area contributed by atoms with Crippen LogP contribution in [0, 0.1) is 5.92 Å². The molecule has 0 unspecified atom stereocenters. The van der Waals surface area contributed by atoms with Gasteiger partial charge in [0.25, 0.3) is 5.56 Å². The molecule has 1 saturated carbocycles. The third-order valence-corrected chi connectivity index (χ3v) is 7.34. The molecule has 0 bridgehead atoms. The van der Waals surface area contributed by atoms with Crippen LogP contribution in [-0.2, 0) is 23.1 Å². The van der Waals surface area contributed by atoms with Crippen LogP contribution in [0.4, 0.5) is 4.79 Å². The number of aromatic nitrogens is 1. The van der Waals surface area contributed by atoms with Crippen LogP contribution < -0.4 is 5.56 Å². The number of likely N-dealkylation sites (tertiary alicyclic amines) is 1. The minimum atomic E-state index is -0.535. The van der Waals surface area contributed by atoms with Crippen molar-refractivity contribution in [3.63, 3.8) is 0 Å². The monoisotopic (exact) mass is 481 g/mol. The van der Waals surface area contributed by atoms with E-state index in [9.17, 15) is 14.4 Å². The van der Waals surface area contributed by atoms with E-state index in [1.165, 1.54) is 6.42 Å². The number of pyridine rings is 1. The van der Waals surface area contributed by atoms with Crippen molar-refractivity contribution in [1.29, 1.82) is 0 Å². The van der Waals surface area contributed by atoms with E-state index in [-0.39, 0.29) is 29.5 Å². The maximum atomic E-state index is 13.8. The first-order valence-electron chi connectivity index (χ1n) is 13.0. The molecule has 190 valence electrons. The Kier molecular flexibility index (Phi) is 7.53. The maximum Gasteiger partial charge on any atom is 0.410 e. The van der Waals surface area contributed by atoms with Gasteiger partial charge in [0.05, 0.1) is 12.1 Å². The van der Waals surface area contributed by atoms with Gasteiger partial charge in [-0.1, -0.05) is 37.5 Å². The van der Waals surface area contributed by atoms with Gasteiger partial charge in [-0.2, -0.15) is 0 Å². The van der Waals surface area contributed by atoms with Gasteiger partial charge in [-0.3, -0.25) is 9.59 Å². The summed E-state index contributed by atoms with van der Waals surface area (Å²) in [5.41, 5.74) is 0.936. The molecule has 4 rings (SSSR count). The van der Waals surface area contributed by atoms with Crippen molar-refractivity contribution in [1.82, 2.24) is 14.4 Å². The summed E-state index contributed by atoms with van der Waals surface area (Å²) in [6, 6.07) is 9.78. The molecule has 1 aromatic heterocycles. The average Bonchev–Trinajstić information content (AvgIpc) is 2.84. The van der Waals surface area contributed by atoms with Gasteiger partial charge in [0.15, 0.2) is 0 Å². The molecule has 2 heterocycles. The summed E-state index contributed by atoms with van der Waals surface area (Å²) in [5, 5.41) is 0.995. The molecule has 0 spiro atoms. The molecular formula is C28H39N3O4. The first-order valence-corrected chi connectivity index (χ1v) is 13.0. The molecule has 0 N–H and O–H groups in total. The van der Waals surface area contributed by atoms with Crippen LogP contribution in [0.25, 0.3) is 10.9 Å². The smallest absolute Gasteiger partial charge is 0.410 e. The summed E-state index contributed by atoms with van der Waals surface area (Å²) in [6.45, 7) is 7.00. The second-order valence-electron chi connectivity index (χ2n) is 11.1. The lowest BCUT2D eigenvalue weighted by Crippen LogP contribution is -2.51. The van der Waals surface area contributed by atoms with Gasteiger partial charge in [0.2, 0.25) is 5.91 Å². The third kappa shape index (κ3) is 5.88. The number of rotatable bonds is 4. The van der Waals surface area contributed by atoms with Gasteiger partial charge < -0.3 is 19.1 Å². The Morgan fingerprint density at radius 3 is 2.34 bits per heavy atom. The van der Waals surface area contributed by atoms with E-state index in [0.29, 0.717) is 38.0 Å². The predicted octanol–water partition coefficient (Wildman–Crippen LogP) is 4.85. The summed E-state index contributed by atoms with van der Waals surface area (Å²) < 4.78 is 7.22. The summed E-state index contributed by atoms with van der Waals surface area (Å²) in [4.78, 5) is 43.2. The Morgan fingerprint density at radius 2 is 1.69 bits per heavy atom. The summed E-state index contributed by atoms with van der Waals surface area (Å²) >= 11 is 0. The number of aryl methyl sites for hydroxylation is 1. The quantitative estimate of drug-likeness (QED) is 0.626. The van der Waals surface area contributed by atoms with E-state index in [2.05, 4.69) is 0 Å². The van der Waals surface area contributed by atoms with Crippen LogP contribution >= 0.6 is 0 Å². The molecule has 2 aliphatic rings. The molecule has 7 nitrogen and oxygen atoms in total. The van der Waals surface area contributed by atoms with Crippen LogP contribution in [0.3, 0.4) is 0 Å². The topological polar surface area (TPSA) is 71.9 Å². The van der Waals surface area contributed by atoms with Crippen molar-refractivity contribution in [3.8, 4) is 0 Å². The van der Waals surface area contributed by atoms with Gasteiger partial charge in [-0.25, -0.2) is 4.79 Å². The molecule has 0 atom stereocenters. The lowest BCUT2D eigenvalue weighted by molar-refractivity contribution is -0.140. The zero-order valence-corrected chi connectivity index (χ0v) is 21.6. The van der Waals surface area contributed by atoms with Crippen molar-refractivity contribution in [3.05, 3.63) is 46.2 Å². The minimum Gasteiger partial charge on any atom is -0.444 e. The summed E-state index contributed by atoms with van der Waals surface area (Å²) in [6.07, 6.45) is 6.26. The van der Waals surface area contributed by atoms with Crippen LogP contribution in [0.15, 0.2) is 35.1 Å². The second-order valence-corrected chi connectivity index (χ2v) is 11.1. The maximum absolute atomic E-state index is 13.8. The lowest BCUT2D eigenvalue weighted by atomic mass is 9.87. The van der Waals surface area contributed by atoms with Crippen LogP contribution in [0.1, 0.15) is 71.3 Å². The minimum absolute atomic E-state index is 0.000658. The first-order chi connectivity index (χ1) is 16.6. The molecule has 2 aromatic rings. The highest BCUT2D eigenvalue weighted by Gasteiger charge is 2.35. The first kappa shape index (κ1) is 25.3. The summed E-state index contributed by atoms with van der Waals surface area (Å²) in [5.74, 6) is 0.188. The number of carbonyl (C=O) groups excluding carboxylic acids is 2. The van der Waals surface area contributed by atoms with Crippen LogP contribution in [0.5, 0.6) is 0 Å². The lowest BCUT2D eigenvalue weighted by Gasteiger charge is -2.40. The molecule has 1 aliphatic heterocycles. The SMILES string of the molecule is Cn1c(=O)c(CN(C(=O)C2CCCCC2)C2CCN(C(=O)OC(C)(C)C)CC2)cc2ccccc21. The molecule has 35 heavy (non-hydrogen) atoms. The number of hydrogen-bond acceptors (Lipinski definition) is 4. The largest absolute Gasteiger partial charge is 0.444 e. The molecule has 1 aromatic carbocycles. The molecule has 2 amide bonds. The molecule has 2 fully saturated rings. The Bertz CT molecular complexity index is 1120. The van der Waals surface area contributed by atoms with Gasteiger partial charge in [0, 0.05) is 37.7 Å². The zero-order chi connectivity index (χ0) is 25.2. The molecule has 0 radical (unpaired) electrons. The number of para-hydroxylation sites is 1. The van der Waals surface area contributed by atoms with E-state index in [1.807, 2.05) is 56.0 Å². The third-order valence-electron chi connectivity index (χ3n) is 7.34. The van der Waals surface area contributed by atoms with Gasteiger partial charge >= 0.3 is 6.09 Å². The van der Waals surface area contributed by atoms with E-state index < -0.39 is 5.60 Å². The number of benzene rings is 1. The predicted molar refractivity (Wildman–Crippen MR) is 137 cm³/mol. The van der Waals surface area contributed by atoms with Crippen molar-refractivity contribution in [2.75, 3.05) is 13.1 Å². The molecule has 1 saturated heterocycles. The Balaban J connectivity index is 1.57. The van der Waals surface area contributed by atoms with Gasteiger partial charge in [0.1, 0.15) is 5.60 Å². The second kappa shape index (κ2) is 10.4. The number of amides is 2. The Labute approximate surface area is 208 Å². The average molecular weight is 482 g/mol. The zero-order valence-electron chi connectivity index (χ0n) is 21.6. The van der Waals surface area contributed by atoms with Gasteiger partial charge in [-0.05, 0) is 64.0 Å². The van der Waals surface area contributed by atoms with Crippen molar-refractivity contribution in [2.24, 2.45) is 13.0 Å². The van der Waals surface area contributed by atoms with Crippen LogP contribution in [-0.4, -0.2) is 51.1 Å². The number of ether oxygens (including phenoxy) is 1. The fourth-order valence-corrected chi connectivity index (χ4v) is 5.44. The fraction of sp³-hybridized carbons (Fsp3) is 0.607. The summed E-state index contributed by atoms with van der Waals surface area (Å²) in [7, 11) is 1.79. The highest BCUT2D eigenvalue weighted by Crippen LogP contribution is 2.29. The van der Waals surface area contributed by atoms with Crippen LogP contribution in [0.2, 0.25) is 0 Å². The molecule has 7 heteroatoms. The number of piperidine rings is 1. The molecular weight excluding hydrogens is 442 g/mol. The number of nitrogens with zero attached hydrogens (tertiary/aromatic N) is 3. The van der Waals surface area contributed by atoms with Crippen molar-refractivity contribution < 1.29 is 14.3 Å². The van der Waals surface area contributed by atoms with E-state index in [4.69, 9.17) is 4.74 Å². The Hall–Kier alpha value is -2.83. The number of fused-ring (bicyclic) bond motifs is 1. The Morgan fingerprint density at radius 1 is 1.03 bits per heavy atom. The highest BCUT2D eigenvalue weighted by molar-refractivity contribution is 5.81. The van der Waals surface area contributed by atoms with Gasteiger partial charge in [-0.15, -0.1) is 0 Å². The van der Waals surface area contributed by atoms with E-state index >= 15 is 0 Å². The number of hydrogen-bond donors (Lipinski definition) is 0. The molecule has 1 aliphatic carbocycles. The fourth-order valence-electron chi connectivity index (χ4n) is 5.44. The normalized spacial score (nSPS) is 18.0. The highest BCUT2D eigenvalue weighted by atomic mass is 16.6. The van der Waals surface area contributed by atoms with Crippen molar-refractivity contribution in [2.45, 2.75) is 83.9 Å². The van der Waals surface area contributed by atoms with E-state index in [1.54, 1.807) is 16.5 Å².